The third-order valence-corrected chi connectivity index (χ3v) is 4.04. The number of thioether (sulfide) groups is 1. The minimum Gasteiger partial charge on any atom is -0.308 e. The molecule has 86 valence electrons. The van der Waals surface area contributed by atoms with Crippen LogP contribution in [0.15, 0.2) is 10.9 Å². The van der Waals surface area contributed by atoms with Crippen LogP contribution in [0.4, 0.5) is 0 Å². The van der Waals surface area contributed by atoms with Gasteiger partial charge < -0.3 is 5.32 Å². The molecular weight excluding hydrogens is 224 g/mol. The monoisotopic (exact) mass is 244 g/mol. The van der Waals surface area contributed by atoms with E-state index in [-0.39, 0.29) is 0 Å². The van der Waals surface area contributed by atoms with E-state index in [2.05, 4.69) is 36.5 Å². The summed E-state index contributed by atoms with van der Waals surface area (Å²) >= 11 is 3.68. The van der Waals surface area contributed by atoms with Gasteiger partial charge in [-0.15, -0.1) is 11.3 Å². The molecule has 1 N–H and O–H groups in total. The summed E-state index contributed by atoms with van der Waals surface area (Å²) in [7, 11) is 0. The third-order valence-electron chi connectivity index (χ3n) is 2.04. The van der Waals surface area contributed by atoms with Gasteiger partial charge in [-0.05, 0) is 18.6 Å². The van der Waals surface area contributed by atoms with E-state index in [9.17, 15) is 0 Å². The second kappa shape index (κ2) is 7.25. The number of aromatic nitrogens is 1. The molecule has 0 aliphatic rings. The van der Waals surface area contributed by atoms with E-state index in [0.717, 1.165) is 18.2 Å². The summed E-state index contributed by atoms with van der Waals surface area (Å²) in [6.45, 7) is 7.76. The fourth-order valence-electron chi connectivity index (χ4n) is 1.21. The molecule has 15 heavy (non-hydrogen) atoms. The molecule has 1 heterocycles. The normalized spacial score (nSPS) is 13.3. The summed E-state index contributed by atoms with van der Waals surface area (Å²) in [4.78, 5) is 4.29. The highest BCUT2D eigenvalue weighted by molar-refractivity contribution is 7.99. The Kier molecular flexibility index (Phi) is 6.29. The molecule has 1 unspecified atom stereocenters. The molecule has 4 heteroatoms. The Morgan fingerprint density at radius 3 is 2.87 bits per heavy atom. The van der Waals surface area contributed by atoms with Gasteiger partial charge in [-0.25, -0.2) is 4.98 Å². The number of thiazole rings is 1. The Morgan fingerprint density at radius 2 is 2.27 bits per heavy atom. The molecule has 1 rings (SSSR count). The molecule has 2 nitrogen and oxygen atoms in total. The topological polar surface area (TPSA) is 24.9 Å². The van der Waals surface area contributed by atoms with Crippen LogP contribution in [-0.4, -0.2) is 23.0 Å². The highest BCUT2D eigenvalue weighted by Gasteiger charge is 2.05. The van der Waals surface area contributed by atoms with Crippen molar-refractivity contribution in [3.05, 3.63) is 16.6 Å². The lowest BCUT2D eigenvalue weighted by Crippen LogP contribution is -2.21. The summed E-state index contributed by atoms with van der Waals surface area (Å²) in [5.74, 6) is 3.24. The molecule has 0 radical (unpaired) electrons. The summed E-state index contributed by atoms with van der Waals surface area (Å²) in [5, 5.41) is 5.59. The number of hydrogen-bond donors (Lipinski definition) is 1. The molecule has 1 aromatic heterocycles. The van der Waals surface area contributed by atoms with Gasteiger partial charge in [0.25, 0.3) is 0 Å². The van der Waals surface area contributed by atoms with Gasteiger partial charge in [-0.2, -0.15) is 11.8 Å². The van der Waals surface area contributed by atoms with Crippen molar-refractivity contribution >= 4 is 23.1 Å². The molecular formula is C11H20N2S2. The van der Waals surface area contributed by atoms with Crippen LogP contribution in [0.2, 0.25) is 0 Å². The summed E-state index contributed by atoms with van der Waals surface area (Å²) in [5.41, 5.74) is 3.05. The van der Waals surface area contributed by atoms with Gasteiger partial charge in [0, 0.05) is 23.7 Å². The van der Waals surface area contributed by atoms with Crippen molar-refractivity contribution in [3.8, 4) is 0 Å². The lowest BCUT2D eigenvalue weighted by molar-refractivity contribution is 0.589. The van der Waals surface area contributed by atoms with Gasteiger partial charge in [-0.3, -0.25) is 0 Å². The van der Waals surface area contributed by atoms with Crippen LogP contribution in [0.5, 0.6) is 0 Å². The number of nitrogens with zero attached hydrogens (tertiary/aromatic N) is 1. The number of rotatable bonds is 7. The van der Waals surface area contributed by atoms with Crippen LogP contribution in [-0.2, 0) is 0 Å². The largest absolute Gasteiger partial charge is 0.308 e. The Labute approximate surface area is 101 Å². The summed E-state index contributed by atoms with van der Waals surface area (Å²) < 4.78 is 0. The Balaban J connectivity index is 2.05. The molecule has 0 saturated heterocycles. The van der Waals surface area contributed by atoms with Crippen molar-refractivity contribution in [2.45, 2.75) is 26.8 Å². The summed E-state index contributed by atoms with van der Waals surface area (Å²) in [6, 6.07) is 0.385. The van der Waals surface area contributed by atoms with E-state index in [4.69, 9.17) is 0 Å². The van der Waals surface area contributed by atoms with Crippen LogP contribution in [0.3, 0.4) is 0 Å². The maximum Gasteiger partial charge on any atom is 0.0795 e. The van der Waals surface area contributed by atoms with Crippen molar-refractivity contribution in [1.82, 2.24) is 10.3 Å². The molecule has 0 aliphatic carbocycles. The first kappa shape index (κ1) is 13.0. The first-order valence-corrected chi connectivity index (χ1v) is 7.49. The van der Waals surface area contributed by atoms with E-state index < -0.39 is 0 Å². The average molecular weight is 244 g/mol. The van der Waals surface area contributed by atoms with E-state index in [0.29, 0.717) is 6.04 Å². The second-order valence-electron chi connectivity index (χ2n) is 4.06. The Morgan fingerprint density at radius 1 is 1.47 bits per heavy atom. The Hall–Kier alpha value is -0.0600. The number of hydrogen-bond acceptors (Lipinski definition) is 4. The standard InChI is InChI=1S/C11H20N2S2/c1-9(2)6-14-5-4-12-10(3)11-7-15-8-13-11/h7-10,12H,4-6H2,1-3H3. The zero-order chi connectivity index (χ0) is 11.1. The molecule has 0 aromatic carbocycles. The SMILES string of the molecule is CC(C)CSCCNC(C)c1cscn1. The highest BCUT2D eigenvalue weighted by Crippen LogP contribution is 2.12. The number of nitrogens with one attached hydrogen (secondary N) is 1. The smallest absolute Gasteiger partial charge is 0.0795 e. The van der Waals surface area contributed by atoms with Gasteiger partial charge in [0.2, 0.25) is 0 Å². The lowest BCUT2D eigenvalue weighted by atomic mass is 10.3. The predicted octanol–water partition coefficient (Wildman–Crippen LogP) is 3.18. The zero-order valence-electron chi connectivity index (χ0n) is 9.69. The maximum absolute atomic E-state index is 4.29. The fraction of sp³-hybridized carbons (Fsp3) is 0.727. The van der Waals surface area contributed by atoms with Gasteiger partial charge in [-0.1, -0.05) is 13.8 Å². The fourth-order valence-corrected chi connectivity index (χ4v) is 2.76. The van der Waals surface area contributed by atoms with Crippen LogP contribution < -0.4 is 5.32 Å². The van der Waals surface area contributed by atoms with Gasteiger partial charge >= 0.3 is 0 Å². The molecule has 1 aromatic rings. The van der Waals surface area contributed by atoms with Crippen molar-refractivity contribution in [1.29, 1.82) is 0 Å². The molecule has 0 aliphatic heterocycles. The first-order valence-electron chi connectivity index (χ1n) is 5.39. The van der Waals surface area contributed by atoms with Gasteiger partial charge in [0.1, 0.15) is 0 Å². The highest BCUT2D eigenvalue weighted by atomic mass is 32.2. The average Bonchev–Trinajstić information content (AvgIpc) is 2.69. The second-order valence-corrected chi connectivity index (χ2v) is 5.93. The molecule has 0 amide bonds. The lowest BCUT2D eigenvalue weighted by Gasteiger charge is -2.11. The minimum absolute atomic E-state index is 0.385. The van der Waals surface area contributed by atoms with Crippen LogP contribution in [0, 0.1) is 5.92 Å². The van der Waals surface area contributed by atoms with Crippen molar-refractivity contribution in [3.63, 3.8) is 0 Å². The molecule has 0 spiro atoms. The quantitative estimate of drug-likeness (QED) is 0.746. The van der Waals surface area contributed by atoms with E-state index >= 15 is 0 Å². The molecule has 1 atom stereocenters. The van der Waals surface area contributed by atoms with E-state index in [1.165, 1.54) is 11.5 Å². The first-order chi connectivity index (χ1) is 7.20. The van der Waals surface area contributed by atoms with Crippen LogP contribution in [0.1, 0.15) is 32.5 Å². The molecule has 0 fully saturated rings. The predicted molar refractivity (Wildman–Crippen MR) is 70.7 cm³/mol. The van der Waals surface area contributed by atoms with E-state index in [1.54, 1.807) is 11.3 Å². The van der Waals surface area contributed by atoms with Crippen LogP contribution in [0.25, 0.3) is 0 Å². The zero-order valence-corrected chi connectivity index (χ0v) is 11.3. The molecule has 0 saturated carbocycles. The van der Waals surface area contributed by atoms with Gasteiger partial charge in [0.15, 0.2) is 0 Å². The third kappa shape index (κ3) is 5.54. The van der Waals surface area contributed by atoms with Crippen molar-refractivity contribution in [2.24, 2.45) is 5.92 Å². The minimum atomic E-state index is 0.385. The van der Waals surface area contributed by atoms with Crippen molar-refractivity contribution < 1.29 is 0 Å². The van der Waals surface area contributed by atoms with Crippen LogP contribution >= 0.6 is 23.1 Å². The van der Waals surface area contributed by atoms with Gasteiger partial charge in [0.05, 0.1) is 11.2 Å². The molecule has 0 bridgehead atoms. The van der Waals surface area contributed by atoms with E-state index in [1.807, 2.05) is 17.3 Å². The Bertz CT molecular complexity index is 247. The summed E-state index contributed by atoms with van der Waals surface area (Å²) in [6.07, 6.45) is 0. The maximum atomic E-state index is 4.29. The van der Waals surface area contributed by atoms with Crippen molar-refractivity contribution in [2.75, 3.05) is 18.1 Å².